The molecule has 1 heterocycles. The molecule has 0 bridgehead atoms. The smallest absolute Gasteiger partial charge is 0.148 e. The van der Waals surface area contributed by atoms with E-state index in [4.69, 9.17) is 11.6 Å². The Hall–Kier alpha value is -1.35. The molecule has 1 unspecified atom stereocenters. The second-order valence-electron chi connectivity index (χ2n) is 5.99. The first-order valence-corrected chi connectivity index (χ1v) is 7.58. The molecule has 20 heavy (non-hydrogen) atoms. The average Bonchev–Trinajstić information content (AvgIpc) is 2.85. The zero-order chi connectivity index (χ0) is 14.8. The third-order valence-corrected chi connectivity index (χ3v) is 3.71. The van der Waals surface area contributed by atoms with Gasteiger partial charge in [0.05, 0.1) is 5.88 Å². The second-order valence-corrected chi connectivity index (χ2v) is 6.25. The van der Waals surface area contributed by atoms with Gasteiger partial charge in [-0.1, -0.05) is 37.3 Å². The van der Waals surface area contributed by atoms with E-state index in [0.29, 0.717) is 5.88 Å². The lowest BCUT2D eigenvalue weighted by molar-refractivity contribution is 0.366. The van der Waals surface area contributed by atoms with Crippen LogP contribution in [0.5, 0.6) is 0 Å². The van der Waals surface area contributed by atoms with Gasteiger partial charge in [-0.3, -0.25) is 0 Å². The lowest BCUT2D eigenvalue weighted by atomic mass is 9.94. The Balaban J connectivity index is 2.54. The van der Waals surface area contributed by atoms with Gasteiger partial charge < -0.3 is 4.57 Å². The SMILES string of the molecule is CCC(c1ccccc1)c1nnc(CCl)n1C(C)(C)C. The fourth-order valence-electron chi connectivity index (χ4n) is 2.63. The summed E-state index contributed by atoms with van der Waals surface area (Å²) in [6.45, 7) is 8.66. The Labute approximate surface area is 126 Å². The van der Waals surface area contributed by atoms with Crippen LogP contribution in [0, 0.1) is 0 Å². The summed E-state index contributed by atoms with van der Waals surface area (Å²) in [5.41, 5.74) is 1.19. The third-order valence-electron chi connectivity index (χ3n) is 3.47. The first-order valence-electron chi connectivity index (χ1n) is 7.04. The van der Waals surface area contributed by atoms with Gasteiger partial charge in [-0.15, -0.1) is 21.8 Å². The molecule has 1 aromatic carbocycles. The normalized spacial score (nSPS) is 13.4. The van der Waals surface area contributed by atoms with E-state index in [0.717, 1.165) is 18.1 Å². The van der Waals surface area contributed by atoms with Crippen molar-refractivity contribution < 1.29 is 0 Å². The quantitative estimate of drug-likeness (QED) is 0.786. The van der Waals surface area contributed by atoms with Crippen molar-refractivity contribution in [1.82, 2.24) is 14.8 Å². The summed E-state index contributed by atoms with van der Waals surface area (Å²) in [4.78, 5) is 0. The predicted molar refractivity (Wildman–Crippen MR) is 83.2 cm³/mol. The van der Waals surface area contributed by atoms with Gasteiger partial charge in [-0.05, 0) is 32.8 Å². The van der Waals surface area contributed by atoms with Gasteiger partial charge in [-0.25, -0.2) is 0 Å². The molecule has 3 nitrogen and oxygen atoms in total. The molecule has 4 heteroatoms. The van der Waals surface area contributed by atoms with Crippen molar-refractivity contribution in [2.24, 2.45) is 0 Å². The summed E-state index contributed by atoms with van der Waals surface area (Å²) in [5, 5.41) is 8.71. The fraction of sp³-hybridized carbons (Fsp3) is 0.500. The lowest BCUT2D eigenvalue weighted by Crippen LogP contribution is -2.27. The highest BCUT2D eigenvalue weighted by Gasteiger charge is 2.27. The molecule has 0 fully saturated rings. The molecule has 0 amide bonds. The first kappa shape index (κ1) is 15.0. The number of halogens is 1. The molecule has 0 saturated heterocycles. The van der Waals surface area contributed by atoms with Crippen LogP contribution in [0.15, 0.2) is 30.3 Å². The molecule has 0 saturated carbocycles. The van der Waals surface area contributed by atoms with Crippen LogP contribution in [-0.2, 0) is 11.4 Å². The summed E-state index contributed by atoms with van der Waals surface area (Å²) in [6, 6.07) is 10.5. The molecular weight excluding hydrogens is 270 g/mol. The van der Waals surface area contributed by atoms with E-state index in [1.807, 2.05) is 6.07 Å². The molecule has 1 aromatic heterocycles. The molecule has 0 spiro atoms. The van der Waals surface area contributed by atoms with Crippen LogP contribution in [-0.4, -0.2) is 14.8 Å². The van der Waals surface area contributed by atoms with Gasteiger partial charge in [-0.2, -0.15) is 0 Å². The van der Waals surface area contributed by atoms with Gasteiger partial charge in [0.2, 0.25) is 0 Å². The Morgan fingerprint density at radius 3 is 2.30 bits per heavy atom. The van der Waals surface area contributed by atoms with Gasteiger partial charge in [0.15, 0.2) is 0 Å². The van der Waals surface area contributed by atoms with Crippen LogP contribution in [0.2, 0.25) is 0 Å². The van der Waals surface area contributed by atoms with Gasteiger partial charge in [0, 0.05) is 11.5 Å². The number of hydrogen-bond acceptors (Lipinski definition) is 2. The Bertz CT molecular complexity index is 555. The zero-order valence-corrected chi connectivity index (χ0v) is 13.4. The maximum absolute atomic E-state index is 6.02. The Morgan fingerprint density at radius 1 is 1.15 bits per heavy atom. The Kier molecular flexibility index (Phi) is 4.48. The molecule has 0 radical (unpaired) electrons. The highest BCUT2D eigenvalue weighted by atomic mass is 35.5. The molecule has 108 valence electrons. The average molecular weight is 292 g/mol. The largest absolute Gasteiger partial charge is 0.308 e. The maximum Gasteiger partial charge on any atom is 0.148 e. The second kappa shape index (κ2) is 5.96. The first-order chi connectivity index (χ1) is 9.49. The molecule has 2 rings (SSSR count). The van der Waals surface area contributed by atoms with Gasteiger partial charge >= 0.3 is 0 Å². The molecular formula is C16H22ClN3. The standard InChI is InChI=1S/C16H22ClN3/c1-5-13(12-9-7-6-8-10-12)15-19-18-14(11-17)20(15)16(2,3)4/h6-10,13H,5,11H2,1-4H3. The van der Waals surface area contributed by atoms with Crippen LogP contribution in [0.3, 0.4) is 0 Å². The van der Waals surface area contributed by atoms with Crippen molar-refractivity contribution in [2.45, 2.75) is 51.5 Å². The Morgan fingerprint density at radius 2 is 1.80 bits per heavy atom. The van der Waals surface area contributed by atoms with Crippen LogP contribution in [0.1, 0.15) is 57.2 Å². The molecule has 0 aliphatic rings. The van der Waals surface area contributed by atoms with Gasteiger partial charge in [0.1, 0.15) is 11.6 Å². The summed E-state index contributed by atoms with van der Waals surface area (Å²) in [6.07, 6.45) is 0.987. The van der Waals surface area contributed by atoms with E-state index in [1.165, 1.54) is 5.56 Å². The summed E-state index contributed by atoms with van der Waals surface area (Å²) >= 11 is 6.02. The zero-order valence-electron chi connectivity index (χ0n) is 12.6. The number of rotatable bonds is 4. The van der Waals surface area contributed by atoms with Crippen LogP contribution in [0.25, 0.3) is 0 Å². The molecule has 0 aliphatic carbocycles. The fourth-order valence-corrected chi connectivity index (χ4v) is 2.80. The van der Waals surface area contributed by atoms with Crippen LogP contribution < -0.4 is 0 Å². The minimum absolute atomic E-state index is 0.0781. The minimum Gasteiger partial charge on any atom is -0.308 e. The highest BCUT2D eigenvalue weighted by Crippen LogP contribution is 2.31. The molecule has 0 aliphatic heterocycles. The molecule has 0 N–H and O–H groups in total. The van der Waals surface area contributed by atoms with Crippen molar-refractivity contribution in [3.63, 3.8) is 0 Å². The van der Waals surface area contributed by atoms with Crippen molar-refractivity contribution in [3.05, 3.63) is 47.5 Å². The molecule has 2 aromatic rings. The summed E-state index contributed by atoms with van der Waals surface area (Å²) in [5.74, 6) is 2.47. The summed E-state index contributed by atoms with van der Waals surface area (Å²) < 4.78 is 2.18. The number of alkyl halides is 1. The van der Waals surface area contributed by atoms with Gasteiger partial charge in [0.25, 0.3) is 0 Å². The van der Waals surface area contributed by atoms with E-state index in [9.17, 15) is 0 Å². The number of benzene rings is 1. The monoisotopic (exact) mass is 291 g/mol. The predicted octanol–water partition coefficient (Wildman–Crippen LogP) is 4.31. The van der Waals surface area contributed by atoms with Crippen molar-refractivity contribution in [3.8, 4) is 0 Å². The maximum atomic E-state index is 6.02. The summed E-state index contributed by atoms with van der Waals surface area (Å²) in [7, 11) is 0. The highest BCUT2D eigenvalue weighted by molar-refractivity contribution is 6.16. The van der Waals surface area contributed by atoms with Crippen LogP contribution >= 0.6 is 11.6 Å². The number of nitrogens with zero attached hydrogens (tertiary/aromatic N) is 3. The lowest BCUT2D eigenvalue weighted by Gasteiger charge is -2.27. The topological polar surface area (TPSA) is 30.7 Å². The van der Waals surface area contributed by atoms with E-state index in [-0.39, 0.29) is 11.5 Å². The van der Waals surface area contributed by atoms with Crippen molar-refractivity contribution in [2.75, 3.05) is 0 Å². The van der Waals surface area contributed by atoms with E-state index in [1.54, 1.807) is 0 Å². The van der Waals surface area contributed by atoms with Crippen molar-refractivity contribution >= 4 is 11.6 Å². The number of hydrogen-bond donors (Lipinski definition) is 0. The van der Waals surface area contributed by atoms with E-state index in [2.05, 4.69) is 66.7 Å². The minimum atomic E-state index is -0.0781. The van der Waals surface area contributed by atoms with Crippen molar-refractivity contribution in [1.29, 1.82) is 0 Å². The van der Waals surface area contributed by atoms with E-state index < -0.39 is 0 Å². The van der Waals surface area contributed by atoms with Crippen LogP contribution in [0.4, 0.5) is 0 Å². The molecule has 1 atom stereocenters. The number of aromatic nitrogens is 3. The van der Waals surface area contributed by atoms with E-state index >= 15 is 0 Å². The third kappa shape index (κ3) is 2.88.